The number of hydrogen-bond donors (Lipinski definition) is 0. The van der Waals surface area contributed by atoms with Crippen LogP contribution in [0.2, 0.25) is 0 Å². The highest BCUT2D eigenvalue weighted by Gasteiger charge is 2.51. The van der Waals surface area contributed by atoms with Crippen molar-refractivity contribution in [2.45, 2.75) is 50.4 Å². The minimum absolute atomic E-state index is 0.0218. The number of nitrogens with zero attached hydrogens (tertiary/aromatic N) is 4. The first kappa shape index (κ1) is 20.7. The molecule has 178 valence electrons. The second-order valence-electron chi connectivity index (χ2n) is 9.75. The molecule has 1 fully saturated rings. The van der Waals surface area contributed by atoms with Gasteiger partial charge in [-0.05, 0) is 35.2 Å². The van der Waals surface area contributed by atoms with Gasteiger partial charge in [0.25, 0.3) is 0 Å². The van der Waals surface area contributed by atoms with Gasteiger partial charge in [0.1, 0.15) is 12.1 Å². The van der Waals surface area contributed by atoms with Gasteiger partial charge in [-0.2, -0.15) is 0 Å². The fourth-order valence-electron chi connectivity index (χ4n) is 6.24. The third-order valence-corrected chi connectivity index (χ3v) is 7.64. The third kappa shape index (κ3) is 3.43. The molecule has 35 heavy (non-hydrogen) atoms. The van der Waals surface area contributed by atoms with Gasteiger partial charge < -0.3 is 14.2 Å². The van der Waals surface area contributed by atoms with Crippen LogP contribution in [0.4, 0.5) is 0 Å². The Bertz CT molecular complexity index is 1330. The Morgan fingerprint density at radius 2 is 2.00 bits per heavy atom. The predicted molar refractivity (Wildman–Crippen MR) is 126 cm³/mol. The Morgan fingerprint density at radius 3 is 2.83 bits per heavy atom. The molecule has 2 aromatic carbocycles. The lowest BCUT2D eigenvalue weighted by Crippen LogP contribution is -2.50. The normalized spacial score (nSPS) is 26.1. The highest BCUT2D eigenvalue weighted by atomic mass is 16.7. The van der Waals surface area contributed by atoms with Crippen LogP contribution in [-0.4, -0.2) is 51.3 Å². The number of benzene rings is 2. The number of esters is 1. The zero-order chi connectivity index (χ0) is 23.5. The van der Waals surface area contributed by atoms with Crippen LogP contribution in [0.5, 0.6) is 11.5 Å². The second-order valence-corrected chi connectivity index (χ2v) is 9.75. The van der Waals surface area contributed by atoms with E-state index in [1.54, 1.807) is 0 Å². The SMILES string of the molecule is CC(=O)O[C@@H]1C(n2cc(Cc3ccccc3)nn2)C=C2CCN3Cc4cc5c(cc4[C@H]1C23)OCO5. The second kappa shape index (κ2) is 7.95. The van der Waals surface area contributed by atoms with Crippen molar-refractivity contribution in [3.63, 3.8) is 0 Å². The topological polar surface area (TPSA) is 78.7 Å². The summed E-state index contributed by atoms with van der Waals surface area (Å²) in [5.41, 5.74) is 5.83. The summed E-state index contributed by atoms with van der Waals surface area (Å²) in [5, 5.41) is 8.95. The van der Waals surface area contributed by atoms with E-state index in [0.29, 0.717) is 6.42 Å². The summed E-state index contributed by atoms with van der Waals surface area (Å²) in [5.74, 6) is 1.23. The summed E-state index contributed by atoms with van der Waals surface area (Å²) < 4.78 is 19.3. The molecule has 4 heterocycles. The molecule has 3 aromatic rings. The van der Waals surface area contributed by atoms with Gasteiger partial charge in [0.05, 0.1) is 5.69 Å². The lowest BCUT2D eigenvalue weighted by atomic mass is 9.72. The first-order chi connectivity index (χ1) is 17.1. The van der Waals surface area contributed by atoms with E-state index >= 15 is 0 Å². The zero-order valence-corrected chi connectivity index (χ0v) is 19.5. The number of fused-ring (bicyclic) bond motifs is 3. The van der Waals surface area contributed by atoms with Crippen LogP contribution in [0.3, 0.4) is 0 Å². The zero-order valence-electron chi connectivity index (χ0n) is 19.5. The summed E-state index contributed by atoms with van der Waals surface area (Å²) in [4.78, 5) is 14.8. The molecule has 7 rings (SSSR count). The first-order valence-corrected chi connectivity index (χ1v) is 12.1. The highest BCUT2D eigenvalue weighted by molar-refractivity contribution is 5.66. The molecule has 0 radical (unpaired) electrons. The summed E-state index contributed by atoms with van der Waals surface area (Å²) >= 11 is 0. The Labute approximate surface area is 203 Å². The highest BCUT2D eigenvalue weighted by Crippen LogP contribution is 2.52. The van der Waals surface area contributed by atoms with Crippen LogP contribution in [-0.2, 0) is 22.5 Å². The maximum Gasteiger partial charge on any atom is 0.303 e. The van der Waals surface area contributed by atoms with Crippen LogP contribution in [0, 0.1) is 0 Å². The smallest absolute Gasteiger partial charge is 0.303 e. The van der Waals surface area contributed by atoms with Gasteiger partial charge in [-0.1, -0.05) is 47.2 Å². The Balaban J connectivity index is 1.30. The van der Waals surface area contributed by atoms with Gasteiger partial charge in [-0.15, -0.1) is 5.10 Å². The fraction of sp³-hybridized carbons (Fsp3) is 0.370. The van der Waals surface area contributed by atoms with Crippen LogP contribution < -0.4 is 9.47 Å². The van der Waals surface area contributed by atoms with Crippen LogP contribution in [0.1, 0.15) is 47.7 Å². The fourth-order valence-corrected chi connectivity index (χ4v) is 6.24. The Morgan fingerprint density at radius 1 is 1.17 bits per heavy atom. The summed E-state index contributed by atoms with van der Waals surface area (Å²) in [7, 11) is 0. The molecule has 0 saturated carbocycles. The molecule has 4 aliphatic rings. The minimum Gasteiger partial charge on any atom is -0.459 e. The molecular weight excluding hydrogens is 444 g/mol. The van der Waals surface area contributed by atoms with Crippen LogP contribution in [0.15, 0.2) is 60.3 Å². The number of carbonyl (C=O) groups excluding carboxylic acids is 1. The van der Waals surface area contributed by atoms with Crippen LogP contribution in [0.25, 0.3) is 0 Å². The number of aromatic nitrogens is 3. The number of carbonyl (C=O) groups is 1. The maximum absolute atomic E-state index is 12.3. The molecule has 1 aromatic heterocycles. The van der Waals surface area contributed by atoms with Gasteiger partial charge in [0.2, 0.25) is 6.79 Å². The van der Waals surface area contributed by atoms with Crippen molar-refractivity contribution in [2.24, 2.45) is 0 Å². The molecule has 0 amide bonds. The lowest BCUT2D eigenvalue weighted by molar-refractivity contribution is -0.151. The molecule has 2 unspecified atom stereocenters. The number of rotatable bonds is 4. The molecule has 0 N–H and O–H groups in total. The van der Waals surface area contributed by atoms with E-state index in [4.69, 9.17) is 14.2 Å². The standard InChI is InChI=1S/C27H26N4O4/c1-16(32)35-27-22(31-14-20(28-29-31)9-17-5-3-2-4-6-17)10-18-7-8-30-13-19-11-23-24(34-15-33-23)12-21(19)25(27)26(18)30/h2-6,10-12,14,22,25-27H,7-9,13,15H2,1H3/t22?,25-,26?,27+/m0/s1. The van der Waals surface area contributed by atoms with E-state index in [1.165, 1.54) is 29.2 Å². The summed E-state index contributed by atoms with van der Waals surface area (Å²) in [6.45, 7) is 3.55. The lowest BCUT2D eigenvalue weighted by Gasteiger charge is -2.46. The summed E-state index contributed by atoms with van der Waals surface area (Å²) in [6.07, 6.45) is 5.54. The third-order valence-electron chi connectivity index (χ3n) is 7.64. The summed E-state index contributed by atoms with van der Waals surface area (Å²) in [6, 6.07) is 14.4. The molecule has 8 heteroatoms. The van der Waals surface area contributed by atoms with Gasteiger partial charge >= 0.3 is 5.97 Å². The van der Waals surface area contributed by atoms with E-state index in [1.807, 2.05) is 29.1 Å². The average Bonchev–Trinajstić information content (AvgIpc) is 3.59. The van der Waals surface area contributed by atoms with E-state index < -0.39 is 6.10 Å². The van der Waals surface area contributed by atoms with E-state index in [2.05, 4.69) is 45.6 Å². The quantitative estimate of drug-likeness (QED) is 0.427. The predicted octanol–water partition coefficient (Wildman–Crippen LogP) is 3.38. The van der Waals surface area contributed by atoms with Crippen molar-refractivity contribution in [3.05, 3.63) is 82.7 Å². The van der Waals surface area contributed by atoms with Gasteiger partial charge in [0.15, 0.2) is 11.5 Å². The monoisotopic (exact) mass is 470 g/mol. The van der Waals surface area contributed by atoms with Crippen LogP contribution >= 0.6 is 0 Å². The largest absolute Gasteiger partial charge is 0.459 e. The molecule has 4 atom stereocenters. The average molecular weight is 471 g/mol. The maximum atomic E-state index is 12.3. The molecule has 1 aliphatic carbocycles. The molecule has 0 spiro atoms. The van der Waals surface area contributed by atoms with E-state index in [-0.39, 0.29) is 30.8 Å². The molecule has 8 nitrogen and oxygen atoms in total. The van der Waals surface area contributed by atoms with Crippen molar-refractivity contribution < 1.29 is 19.0 Å². The van der Waals surface area contributed by atoms with Gasteiger partial charge in [0, 0.05) is 44.6 Å². The van der Waals surface area contributed by atoms with Gasteiger partial charge in [-0.25, -0.2) is 4.68 Å². The molecule has 3 aliphatic heterocycles. The van der Waals surface area contributed by atoms with E-state index in [0.717, 1.165) is 36.7 Å². The van der Waals surface area contributed by atoms with Crippen molar-refractivity contribution in [1.29, 1.82) is 0 Å². The van der Waals surface area contributed by atoms with Gasteiger partial charge in [-0.3, -0.25) is 9.69 Å². The van der Waals surface area contributed by atoms with Crippen molar-refractivity contribution in [3.8, 4) is 11.5 Å². The Kier molecular flexibility index (Phi) is 4.70. The number of hydrogen-bond acceptors (Lipinski definition) is 7. The van der Waals surface area contributed by atoms with E-state index in [9.17, 15) is 4.79 Å². The van der Waals surface area contributed by atoms with Crippen molar-refractivity contribution in [2.75, 3.05) is 13.3 Å². The Hall–Kier alpha value is -3.65. The number of ether oxygens (including phenoxy) is 3. The molecule has 0 bridgehead atoms. The van der Waals surface area contributed by atoms with Crippen molar-refractivity contribution >= 4 is 5.97 Å². The van der Waals surface area contributed by atoms with Crippen molar-refractivity contribution in [1.82, 2.24) is 19.9 Å². The molecular formula is C27H26N4O4. The minimum atomic E-state index is -0.410. The first-order valence-electron chi connectivity index (χ1n) is 12.1. The molecule has 1 saturated heterocycles.